The molecule has 0 aromatic heterocycles. The molecule has 0 heterocycles. The first-order chi connectivity index (χ1) is 8.68. The van der Waals surface area contributed by atoms with Crippen molar-refractivity contribution >= 4 is 23.3 Å². The fourth-order valence-electron chi connectivity index (χ4n) is 1.84. The normalized spacial score (nSPS) is 13.4. The van der Waals surface area contributed by atoms with Gasteiger partial charge in [-0.15, -0.1) is 0 Å². The minimum Gasteiger partial charge on any atom is -0.389 e. The van der Waals surface area contributed by atoms with E-state index >= 15 is 0 Å². The molecule has 0 aliphatic rings. The van der Waals surface area contributed by atoms with Crippen LogP contribution >= 0.6 is 11.6 Å². The largest absolute Gasteiger partial charge is 0.389 e. The Hall–Kier alpha value is -1.57. The fourth-order valence-corrected chi connectivity index (χ4v) is 2.03. The lowest BCUT2D eigenvalue weighted by Crippen LogP contribution is -2.03. The van der Waals surface area contributed by atoms with Gasteiger partial charge in [0, 0.05) is 5.02 Å². The second kappa shape index (κ2) is 5.85. The Morgan fingerprint density at radius 3 is 2.28 bits per heavy atom. The van der Waals surface area contributed by atoms with Crippen molar-refractivity contribution in [3.05, 3.63) is 70.7 Å². The van der Waals surface area contributed by atoms with Gasteiger partial charge in [-0.3, -0.25) is 0 Å². The van der Waals surface area contributed by atoms with E-state index in [-0.39, 0.29) is 0 Å². The van der Waals surface area contributed by atoms with Gasteiger partial charge in [0.2, 0.25) is 0 Å². The lowest BCUT2D eigenvalue weighted by molar-refractivity contribution is 0.254. The van der Waals surface area contributed by atoms with Gasteiger partial charge < -0.3 is 5.11 Å². The highest BCUT2D eigenvalue weighted by atomic mass is 35.5. The number of aliphatic hydroxyl groups is 1. The molecule has 92 valence electrons. The summed E-state index contributed by atoms with van der Waals surface area (Å²) in [5, 5.41) is 10.6. The molecule has 0 radical (unpaired) electrons. The monoisotopic (exact) mass is 258 g/mol. The standard InChI is InChI=1S/C16H15ClO/c1-12(18)15(13-7-3-2-4-8-13)11-14-9-5-6-10-16(14)17/h2-12,18H,1H3/b15-11-. The van der Waals surface area contributed by atoms with E-state index in [9.17, 15) is 5.11 Å². The van der Waals surface area contributed by atoms with Gasteiger partial charge in [-0.2, -0.15) is 0 Å². The molecule has 18 heavy (non-hydrogen) atoms. The third kappa shape index (κ3) is 3.00. The molecule has 0 fully saturated rings. The number of halogens is 1. The third-order valence-corrected chi connectivity index (χ3v) is 3.12. The van der Waals surface area contributed by atoms with Gasteiger partial charge in [0.25, 0.3) is 0 Å². The molecule has 0 spiro atoms. The van der Waals surface area contributed by atoms with Crippen molar-refractivity contribution in [2.75, 3.05) is 0 Å². The first-order valence-electron chi connectivity index (χ1n) is 5.88. The van der Waals surface area contributed by atoms with E-state index < -0.39 is 6.10 Å². The molecule has 2 aromatic carbocycles. The van der Waals surface area contributed by atoms with Crippen molar-refractivity contribution in [1.29, 1.82) is 0 Å². The van der Waals surface area contributed by atoms with Crippen LogP contribution in [0.5, 0.6) is 0 Å². The minimum absolute atomic E-state index is 0.538. The Labute approximate surface area is 112 Å². The highest BCUT2D eigenvalue weighted by Crippen LogP contribution is 2.25. The number of hydrogen-bond donors (Lipinski definition) is 1. The maximum absolute atomic E-state index is 9.91. The molecule has 2 heteroatoms. The molecular formula is C16H15ClO. The van der Waals surface area contributed by atoms with Crippen LogP contribution in [-0.4, -0.2) is 11.2 Å². The zero-order chi connectivity index (χ0) is 13.0. The molecule has 1 N–H and O–H groups in total. The first-order valence-corrected chi connectivity index (χ1v) is 6.26. The molecule has 0 bridgehead atoms. The van der Waals surface area contributed by atoms with Crippen molar-refractivity contribution in [3.8, 4) is 0 Å². The molecule has 2 rings (SSSR count). The maximum Gasteiger partial charge on any atom is 0.0767 e. The quantitative estimate of drug-likeness (QED) is 0.816. The lowest BCUT2D eigenvalue weighted by Gasteiger charge is -2.11. The highest BCUT2D eigenvalue weighted by Gasteiger charge is 2.08. The van der Waals surface area contributed by atoms with Gasteiger partial charge >= 0.3 is 0 Å². The Kier molecular flexibility index (Phi) is 4.19. The van der Waals surface area contributed by atoms with Crippen molar-refractivity contribution < 1.29 is 5.11 Å². The first kappa shape index (κ1) is 12.9. The van der Waals surface area contributed by atoms with Crippen LogP contribution in [0.1, 0.15) is 18.1 Å². The summed E-state index contributed by atoms with van der Waals surface area (Å²) < 4.78 is 0. The number of rotatable bonds is 3. The van der Waals surface area contributed by atoms with E-state index in [1.54, 1.807) is 6.92 Å². The lowest BCUT2D eigenvalue weighted by atomic mass is 9.99. The number of hydrogen-bond acceptors (Lipinski definition) is 1. The van der Waals surface area contributed by atoms with Crippen LogP contribution in [0.4, 0.5) is 0 Å². The zero-order valence-corrected chi connectivity index (χ0v) is 10.9. The summed E-state index contributed by atoms with van der Waals surface area (Å²) in [5.41, 5.74) is 2.79. The van der Waals surface area contributed by atoms with Crippen LogP contribution < -0.4 is 0 Å². The van der Waals surface area contributed by atoms with Crippen molar-refractivity contribution in [2.45, 2.75) is 13.0 Å². The average Bonchev–Trinajstić information content (AvgIpc) is 2.38. The summed E-state index contributed by atoms with van der Waals surface area (Å²) >= 11 is 6.13. The molecule has 1 atom stereocenters. The summed E-state index contributed by atoms with van der Waals surface area (Å²) in [6.45, 7) is 1.76. The second-order valence-electron chi connectivity index (χ2n) is 4.16. The van der Waals surface area contributed by atoms with Gasteiger partial charge in [-0.25, -0.2) is 0 Å². The van der Waals surface area contributed by atoms with Gasteiger partial charge in [-0.1, -0.05) is 60.1 Å². The summed E-state index contributed by atoms with van der Waals surface area (Å²) in [4.78, 5) is 0. The molecule has 1 nitrogen and oxygen atoms in total. The van der Waals surface area contributed by atoms with Gasteiger partial charge in [-0.05, 0) is 35.8 Å². The van der Waals surface area contributed by atoms with Crippen LogP contribution in [0.2, 0.25) is 5.02 Å². The zero-order valence-electron chi connectivity index (χ0n) is 10.2. The highest BCUT2D eigenvalue weighted by molar-refractivity contribution is 6.32. The van der Waals surface area contributed by atoms with Crippen molar-refractivity contribution in [3.63, 3.8) is 0 Å². The Morgan fingerprint density at radius 1 is 1.06 bits per heavy atom. The molecule has 0 aliphatic carbocycles. The predicted octanol–water partition coefficient (Wildman–Crippen LogP) is 4.26. The summed E-state index contributed by atoms with van der Waals surface area (Å²) in [7, 11) is 0. The number of benzene rings is 2. The van der Waals surface area contributed by atoms with Crippen molar-refractivity contribution in [1.82, 2.24) is 0 Å². The third-order valence-electron chi connectivity index (χ3n) is 2.77. The Balaban J connectivity index is 2.47. The topological polar surface area (TPSA) is 20.2 Å². The molecule has 2 aromatic rings. The van der Waals surface area contributed by atoms with Crippen LogP contribution in [0.25, 0.3) is 11.6 Å². The SMILES string of the molecule is CC(O)/C(=C/c1ccccc1Cl)c1ccccc1. The second-order valence-corrected chi connectivity index (χ2v) is 4.57. The van der Waals surface area contributed by atoms with E-state index in [0.29, 0.717) is 5.02 Å². The van der Waals surface area contributed by atoms with Gasteiger partial charge in [0.15, 0.2) is 0 Å². The minimum atomic E-state index is -0.538. The average molecular weight is 259 g/mol. The van der Waals surface area contributed by atoms with Crippen LogP contribution in [0.3, 0.4) is 0 Å². The van der Waals surface area contributed by atoms with E-state index in [0.717, 1.165) is 16.7 Å². The van der Waals surface area contributed by atoms with E-state index in [2.05, 4.69) is 0 Å². The molecule has 0 saturated carbocycles. The summed E-state index contributed by atoms with van der Waals surface area (Å²) in [6.07, 6.45) is 1.39. The molecule has 1 unspecified atom stereocenters. The predicted molar refractivity (Wildman–Crippen MR) is 77.4 cm³/mol. The smallest absolute Gasteiger partial charge is 0.0767 e. The Bertz CT molecular complexity index is 544. The van der Waals surface area contributed by atoms with Crippen molar-refractivity contribution in [2.24, 2.45) is 0 Å². The summed E-state index contributed by atoms with van der Waals surface area (Å²) in [6, 6.07) is 17.4. The van der Waals surface area contributed by atoms with Crippen LogP contribution in [-0.2, 0) is 0 Å². The van der Waals surface area contributed by atoms with Gasteiger partial charge in [0.1, 0.15) is 0 Å². The van der Waals surface area contributed by atoms with Crippen LogP contribution in [0, 0.1) is 0 Å². The summed E-state index contributed by atoms with van der Waals surface area (Å²) in [5.74, 6) is 0. The van der Waals surface area contributed by atoms with E-state index in [4.69, 9.17) is 11.6 Å². The molecule has 0 aliphatic heterocycles. The Morgan fingerprint density at radius 2 is 1.67 bits per heavy atom. The van der Waals surface area contributed by atoms with E-state index in [1.165, 1.54) is 0 Å². The van der Waals surface area contributed by atoms with E-state index in [1.807, 2.05) is 60.7 Å². The molecule has 0 amide bonds. The van der Waals surface area contributed by atoms with Gasteiger partial charge in [0.05, 0.1) is 6.10 Å². The molecular weight excluding hydrogens is 244 g/mol. The maximum atomic E-state index is 9.91. The number of aliphatic hydroxyl groups excluding tert-OH is 1. The molecule has 0 saturated heterocycles. The van der Waals surface area contributed by atoms with Crippen LogP contribution in [0.15, 0.2) is 54.6 Å². The fraction of sp³-hybridized carbons (Fsp3) is 0.125.